The number of hydrogen-bond donors (Lipinski definition) is 3. The van der Waals surface area contributed by atoms with Gasteiger partial charge in [-0.25, -0.2) is 17.6 Å². The van der Waals surface area contributed by atoms with Crippen molar-refractivity contribution < 1.29 is 27.5 Å². The smallest absolute Gasteiger partial charge is 0.282 e. The Morgan fingerprint density at radius 3 is 2.51 bits per heavy atom. The second-order valence-electron chi connectivity index (χ2n) is 13.5. The van der Waals surface area contributed by atoms with Crippen LogP contribution >= 0.6 is 0 Å². The minimum absolute atomic E-state index is 0.0637. The number of alkyl halides is 2. The van der Waals surface area contributed by atoms with E-state index in [1.54, 1.807) is 31.6 Å². The summed E-state index contributed by atoms with van der Waals surface area (Å²) in [5, 5.41) is 22.9. The Kier molecular flexibility index (Phi) is 9.23. The van der Waals surface area contributed by atoms with Crippen LogP contribution in [0.5, 0.6) is 0 Å². The highest BCUT2D eigenvalue weighted by molar-refractivity contribution is 6.00. The molecule has 0 spiro atoms. The number of fused-ring (bicyclic) bond motifs is 2. The van der Waals surface area contributed by atoms with Gasteiger partial charge in [-0.3, -0.25) is 19.1 Å². The van der Waals surface area contributed by atoms with Crippen LogP contribution in [0, 0.1) is 11.6 Å². The topological polar surface area (TPSA) is 124 Å². The standard InChI is InChI=1S/C36H39F4N7O2/c1-19-7-5-9-26-31(34(39)40)44-47(32(19)26)18-29(48)43-28(15-20-13-21(37)16-22(38)14-20)30-24(12-11-23(42-30)17-36(2,3)49)25-8-6-10-27-33(25)46(4)45-35(27)41/h6,8,10-14,16,19,28,34,49H,5,7,9,15,17-18H2,1-4H3,(H2,41,45)(H,43,48)/t19?,28-/m0/s1. The Balaban J connectivity index is 1.48. The summed E-state index contributed by atoms with van der Waals surface area (Å²) >= 11 is 0. The van der Waals surface area contributed by atoms with Gasteiger partial charge in [0.25, 0.3) is 6.43 Å². The molecule has 0 saturated heterocycles. The van der Waals surface area contributed by atoms with Gasteiger partial charge < -0.3 is 16.2 Å². The number of rotatable bonds is 10. The molecule has 1 aliphatic carbocycles. The van der Waals surface area contributed by atoms with E-state index in [0.717, 1.165) is 18.9 Å². The van der Waals surface area contributed by atoms with Gasteiger partial charge in [0.1, 0.15) is 23.9 Å². The number of amides is 1. The van der Waals surface area contributed by atoms with Crippen molar-refractivity contribution in [1.29, 1.82) is 0 Å². The third kappa shape index (κ3) is 7.17. The third-order valence-electron chi connectivity index (χ3n) is 8.96. The van der Waals surface area contributed by atoms with Crippen molar-refractivity contribution in [1.82, 2.24) is 29.9 Å². The zero-order valence-electron chi connectivity index (χ0n) is 27.8. The molecular weight excluding hydrogens is 638 g/mol. The molecule has 1 unspecified atom stereocenters. The molecule has 258 valence electrons. The summed E-state index contributed by atoms with van der Waals surface area (Å²) in [6.07, 6.45) is -0.684. The molecule has 6 rings (SSSR count). The molecule has 5 aromatic rings. The fourth-order valence-electron chi connectivity index (χ4n) is 7.05. The highest BCUT2D eigenvalue weighted by Gasteiger charge is 2.31. The molecule has 3 aromatic heterocycles. The SMILES string of the molecule is CC1CCCc2c(C(F)F)nn(CC(=O)N[C@@H](Cc3cc(F)cc(F)c3)c3nc(CC(C)(C)O)ccc3-c3cccc4c(N)nn(C)c34)c21. The maximum atomic E-state index is 14.4. The van der Waals surface area contributed by atoms with Crippen LogP contribution in [0.4, 0.5) is 23.4 Å². The van der Waals surface area contributed by atoms with E-state index in [0.29, 0.717) is 56.9 Å². The zero-order valence-corrected chi connectivity index (χ0v) is 27.8. The van der Waals surface area contributed by atoms with Crippen molar-refractivity contribution in [2.45, 2.75) is 83.4 Å². The number of nitrogen functional groups attached to an aromatic ring is 1. The lowest BCUT2D eigenvalue weighted by atomic mass is 9.88. The normalized spacial score (nSPS) is 15.5. The fourth-order valence-corrected chi connectivity index (χ4v) is 7.05. The molecule has 2 aromatic carbocycles. The molecule has 13 heteroatoms. The molecule has 1 aliphatic rings. The molecule has 0 saturated carbocycles. The summed E-state index contributed by atoms with van der Waals surface area (Å²) in [4.78, 5) is 18.9. The van der Waals surface area contributed by atoms with E-state index in [9.17, 15) is 27.5 Å². The number of pyridine rings is 1. The summed E-state index contributed by atoms with van der Waals surface area (Å²) in [6, 6.07) is 11.3. The van der Waals surface area contributed by atoms with Gasteiger partial charge in [0.05, 0.1) is 22.9 Å². The lowest BCUT2D eigenvalue weighted by molar-refractivity contribution is -0.122. The number of nitrogens with two attached hydrogens (primary N) is 1. The van der Waals surface area contributed by atoms with Crippen molar-refractivity contribution in [2.24, 2.45) is 7.05 Å². The first-order chi connectivity index (χ1) is 23.2. The lowest BCUT2D eigenvalue weighted by Crippen LogP contribution is -2.35. The average Bonchev–Trinajstić information content (AvgIpc) is 3.52. The van der Waals surface area contributed by atoms with Crippen LogP contribution in [-0.4, -0.2) is 41.2 Å². The Labute approximate surface area is 281 Å². The van der Waals surface area contributed by atoms with Crippen LogP contribution in [0.3, 0.4) is 0 Å². The number of halogens is 4. The lowest BCUT2D eigenvalue weighted by Gasteiger charge is -2.25. The number of aryl methyl sites for hydroxylation is 1. The number of nitrogens with one attached hydrogen (secondary N) is 1. The van der Waals surface area contributed by atoms with Crippen LogP contribution in [0.2, 0.25) is 0 Å². The van der Waals surface area contributed by atoms with E-state index in [4.69, 9.17) is 10.7 Å². The summed E-state index contributed by atoms with van der Waals surface area (Å²) < 4.78 is 59.9. The van der Waals surface area contributed by atoms with Gasteiger partial charge in [-0.1, -0.05) is 25.1 Å². The minimum Gasteiger partial charge on any atom is -0.390 e. The number of nitrogens with zero attached hydrogens (tertiary/aromatic N) is 5. The molecule has 0 aliphatic heterocycles. The first-order valence-electron chi connectivity index (χ1n) is 16.2. The molecule has 2 atom stereocenters. The molecule has 49 heavy (non-hydrogen) atoms. The van der Waals surface area contributed by atoms with Crippen LogP contribution in [0.25, 0.3) is 22.0 Å². The minimum atomic E-state index is -2.78. The zero-order chi connectivity index (χ0) is 35.2. The van der Waals surface area contributed by atoms with Gasteiger partial charge in [0.2, 0.25) is 5.91 Å². The van der Waals surface area contributed by atoms with Gasteiger partial charge >= 0.3 is 0 Å². The first kappa shape index (κ1) is 34.1. The van der Waals surface area contributed by atoms with Crippen molar-refractivity contribution in [3.63, 3.8) is 0 Å². The quantitative estimate of drug-likeness (QED) is 0.145. The van der Waals surface area contributed by atoms with E-state index < -0.39 is 35.6 Å². The number of anilines is 1. The maximum Gasteiger partial charge on any atom is 0.282 e. The molecular formula is C36H39F4N7O2. The summed E-state index contributed by atoms with van der Waals surface area (Å²) in [6.45, 7) is 4.88. The Morgan fingerprint density at radius 2 is 1.82 bits per heavy atom. The predicted molar refractivity (Wildman–Crippen MR) is 178 cm³/mol. The van der Waals surface area contributed by atoms with Crippen molar-refractivity contribution in [3.05, 3.63) is 94.1 Å². The van der Waals surface area contributed by atoms with Gasteiger partial charge in [-0.2, -0.15) is 10.2 Å². The Morgan fingerprint density at radius 1 is 1.08 bits per heavy atom. The average molecular weight is 678 g/mol. The Bertz CT molecular complexity index is 2010. The number of benzene rings is 2. The monoisotopic (exact) mass is 677 g/mol. The highest BCUT2D eigenvalue weighted by atomic mass is 19.3. The van der Waals surface area contributed by atoms with Crippen LogP contribution < -0.4 is 11.1 Å². The first-order valence-corrected chi connectivity index (χ1v) is 16.2. The van der Waals surface area contributed by atoms with E-state index in [1.165, 1.54) is 16.8 Å². The van der Waals surface area contributed by atoms with Gasteiger partial charge in [-0.05, 0) is 75.3 Å². The number of carbonyl (C=O) groups is 1. The summed E-state index contributed by atoms with van der Waals surface area (Å²) in [5.41, 5.74) is 9.03. The predicted octanol–water partition coefficient (Wildman–Crippen LogP) is 6.48. The van der Waals surface area contributed by atoms with E-state index >= 15 is 0 Å². The van der Waals surface area contributed by atoms with Crippen molar-refractivity contribution in [2.75, 3.05) is 5.73 Å². The number of carbonyl (C=O) groups excluding carboxylic acids is 1. The largest absolute Gasteiger partial charge is 0.390 e. The maximum absolute atomic E-state index is 14.4. The Hall–Kier alpha value is -4.78. The van der Waals surface area contributed by atoms with Gasteiger partial charge in [-0.15, -0.1) is 0 Å². The van der Waals surface area contributed by atoms with Crippen molar-refractivity contribution in [3.8, 4) is 11.1 Å². The van der Waals surface area contributed by atoms with E-state index in [1.807, 2.05) is 31.2 Å². The number of aromatic nitrogens is 5. The molecule has 4 N–H and O–H groups in total. The van der Waals surface area contributed by atoms with E-state index in [-0.39, 0.29) is 36.6 Å². The summed E-state index contributed by atoms with van der Waals surface area (Å²) in [7, 11) is 1.76. The van der Waals surface area contributed by atoms with Gasteiger partial charge in [0, 0.05) is 53.0 Å². The third-order valence-corrected chi connectivity index (χ3v) is 8.96. The molecule has 0 bridgehead atoms. The molecule has 0 radical (unpaired) electrons. The summed E-state index contributed by atoms with van der Waals surface area (Å²) in [5.74, 6) is -1.85. The molecule has 3 heterocycles. The highest BCUT2D eigenvalue weighted by Crippen LogP contribution is 2.38. The molecule has 1 amide bonds. The second-order valence-corrected chi connectivity index (χ2v) is 13.5. The fraction of sp³-hybridized carbons (Fsp3) is 0.389. The van der Waals surface area contributed by atoms with E-state index in [2.05, 4.69) is 15.5 Å². The number of hydrogen-bond acceptors (Lipinski definition) is 6. The second kappa shape index (κ2) is 13.3. The van der Waals surface area contributed by atoms with Crippen LogP contribution in [0.15, 0.2) is 48.5 Å². The number of aliphatic hydroxyl groups is 1. The van der Waals surface area contributed by atoms with Crippen LogP contribution in [-0.2, 0) is 37.6 Å². The van der Waals surface area contributed by atoms with Crippen molar-refractivity contribution >= 4 is 22.6 Å². The molecule has 9 nitrogen and oxygen atoms in total. The molecule has 0 fully saturated rings. The van der Waals surface area contributed by atoms with Gasteiger partial charge in [0.15, 0.2) is 5.82 Å². The number of para-hydroxylation sites is 1. The van der Waals surface area contributed by atoms with Crippen LogP contribution in [0.1, 0.15) is 85.9 Å².